The SMILES string of the molecule is CCNC(=NCc1csc(C(C)C)n1)NCC(C)(O)c1ccco1. The number of nitrogens with zero attached hydrogens (tertiary/aromatic N) is 2. The van der Waals surface area contributed by atoms with Crippen LogP contribution in [0.5, 0.6) is 0 Å². The number of rotatable bonds is 7. The van der Waals surface area contributed by atoms with E-state index in [9.17, 15) is 5.11 Å². The highest BCUT2D eigenvalue weighted by molar-refractivity contribution is 7.09. The summed E-state index contributed by atoms with van der Waals surface area (Å²) in [6, 6.07) is 3.52. The lowest BCUT2D eigenvalue weighted by atomic mass is 10.0. The maximum absolute atomic E-state index is 10.5. The van der Waals surface area contributed by atoms with Crippen molar-refractivity contribution in [3.05, 3.63) is 40.2 Å². The second kappa shape index (κ2) is 8.30. The molecule has 132 valence electrons. The summed E-state index contributed by atoms with van der Waals surface area (Å²) in [7, 11) is 0. The number of thiazole rings is 1. The molecule has 0 bridgehead atoms. The van der Waals surface area contributed by atoms with Crippen LogP contribution in [0, 0.1) is 0 Å². The standard InChI is InChI=1S/C17H26N4O2S/c1-5-18-16(19-9-13-10-24-15(21-13)12(2)3)20-11-17(4,22)14-7-6-8-23-14/h6-8,10,12,22H,5,9,11H2,1-4H3,(H2,18,19,20). The molecule has 0 radical (unpaired) electrons. The van der Waals surface area contributed by atoms with Gasteiger partial charge in [-0.05, 0) is 26.0 Å². The predicted molar refractivity (Wildman–Crippen MR) is 97.3 cm³/mol. The fourth-order valence-electron chi connectivity index (χ4n) is 2.09. The Balaban J connectivity index is 1.97. The Morgan fingerprint density at radius 2 is 2.25 bits per heavy atom. The molecule has 0 aliphatic carbocycles. The largest absolute Gasteiger partial charge is 0.466 e. The average Bonchev–Trinajstić information content (AvgIpc) is 3.21. The molecule has 7 heteroatoms. The molecule has 0 saturated heterocycles. The van der Waals surface area contributed by atoms with E-state index in [2.05, 4.69) is 34.5 Å². The molecule has 1 unspecified atom stereocenters. The highest BCUT2D eigenvalue weighted by atomic mass is 32.1. The van der Waals surface area contributed by atoms with E-state index in [-0.39, 0.29) is 0 Å². The summed E-state index contributed by atoms with van der Waals surface area (Å²) < 4.78 is 5.29. The fraction of sp³-hybridized carbons (Fsp3) is 0.529. The predicted octanol–water partition coefficient (Wildman–Crippen LogP) is 2.82. The maximum atomic E-state index is 10.5. The lowest BCUT2D eigenvalue weighted by molar-refractivity contribution is 0.0386. The van der Waals surface area contributed by atoms with Crippen molar-refractivity contribution in [2.24, 2.45) is 4.99 Å². The first-order valence-electron chi connectivity index (χ1n) is 8.15. The molecule has 2 aromatic heterocycles. The van der Waals surface area contributed by atoms with Gasteiger partial charge in [-0.3, -0.25) is 0 Å². The molecular weight excluding hydrogens is 324 g/mol. The number of aliphatic imine (C=N–C) groups is 1. The van der Waals surface area contributed by atoms with Crippen LogP contribution in [-0.4, -0.2) is 29.1 Å². The van der Waals surface area contributed by atoms with Gasteiger partial charge in [0.25, 0.3) is 0 Å². The van der Waals surface area contributed by atoms with Crippen LogP contribution >= 0.6 is 11.3 Å². The van der Waals surface area contributed by atoms with Gasteiger partial charge in [0.05, 0.1) is 30.1 Å². The molecule has 0 aliphatic rings. The zero-order valence-corrected chi connectivity index (χ0v) is 15.5. The number of furan rings is 1. The minimum Gasteiger partial charge on any atom is -0.466 e. The molecule has 1 atom stereocenters. The molecule has 0 aliphatic heterocycles. The number of nitrogens with one attached hydrogen (secondary N) is 2. The number of guanidine groups is 1. The van der Waals surface area contributed by atoms with E-state index in [1.54, 1.807) is 36.7 Å². The molecule has 2 heterocycles. The zero-order valence-electron chi connectivity index (χ0n) is 14.7. The quantitative estimate of drug-likeness (QED) is 0.528. The van der Waals surface area contributed by atoms with Crippen LogP contribution in [0.3, 0.4) is 0 Å². The second-order valence-electron chi connectivity index (χ2n) is 6.13. The molecule has 0 saturated carbocycles. The van der Waals surface area contributed by atoms with Gasteiger partial charge in [0, 0.05) is 17.8 Å². The Morgan fingerprint density at radius 3 is 2.83 bits per heavy atom. The van der Waals surface area contributed by atoms with Gasteiger partial charge in [0.2, 0.25) is 0 Å². The Hall–Kier alpha value is -1.86. The van der Waals surface area contributed by atoms with E-state index in [1.807, 2.05) is 12.3 Å². The Bertz CT molecular complexity index is 647. The van der Waals surface area contributed by atoms with Crippen molar-refractivity contribution in [1.82, 2.24) is 15.6 Å². The van der Waals surface area contributed by atoms with Crippen molar-refractivity contribution < 1.29 is 9.52 Å². The Labute approximate surface area is 147 Å². The highest BCUT2D eigenvalue weighted by Crippen LogP contribution is 2.20. The molecular formula is C17H26N4O2S. The van der Waals surface area contributed by atoms with Crippen LogP contribution in [0.25, 0.3) is 0 Å². The van der Waals surface area contributed by atoms with Crippen LogP contribution in [0.4, 0.5) is 0 Å². The minimum absolute atomic E-state index is 0.292. The lowest BCUT2D eigenvalue weighted by Gasteiger charge is -2.22. The van der Waals surface area contributed by atoms with Crippen molar-refractivity contribution in [2.75, 3.05) is 13.1 Å². The van der Waals surface area contributed by atoms with Gasteiger partial charge >= 0.3 is 0 Å². The topological polar surface area (TPSA) is 82.7 Å². The number of aliphatic hydroxyl groups is 1. The molecule has 0 fully saturated rings. The van der Waals surface area contributed by atoms with E-state index in [0.29, 0.717) is 30.7 Å². The highest BCUT2D eigenvalue weighted by Gasteiger charge is 2.26. The molecule has 3 N–H and O–H groups in total. The third-order valence-corrected chi connectivity index (χ3v) is 4.65. The van der Waals surface area contributed by atoms with Crippen molar-refractivity contribution in [3.8, 4) is 0 Å². The second-order valence-corrected chi connectivity index (χ2v) is 7.02. The van der Waals surface area contributed by atoms with Crippen molar-refractivity contribution in [2.45, 2.75) is 45.8 Å². The van der Waals surface area contributed by atoms with E-state index in [1.165, 1.54) is 0 Å². The van der Waals surface area contributed by atoms with Crippen LogP contribution in [0.2, 0.25) is 0 Å². The zero-order chi connectivity index (χ0) is 17.6. The van der Waals surface area contributed by atoms with Gasteiger partial charge in [-0.15, -0.1) is 11.3 Å². The van der Waals surface area contributed by atoms with Crippen molar-refractivity contribution in [1.29, 1.82) is 0 Å². The summed E-state index contributed by atoms with van der Waals surface area (Å²) in [6.45, 7) is 9.51. The first-order chi connectivity index (χ1) is 11.4. The average molecular weight is 350 g/mol. The molecule has 24 heavy (non-hydrogen) atoms. The molecule has 0 aromatic carbocycles. The maximum Gasteiger partial charge on any atom is 0.191 e. The van der Waals surface area contributed by atoms with E-state index in [0.717, 1.165) is 17.2 Å². The van der Waals surface area contributed by atoms with Gasteiger partial charge < -0.3 is 20.2 Å². The van der Waals surface area contributed by atoms with Crippen LogP contribution in [0.1, 0.15) is 50.1 Å². The summed E-state index contributed by atoms with van der Waals surface area (Å²) in [6.07, 6.45) is 1.55. The Morgan fingerprint density at radius 1 is 1.46 bits per heavy atom. The van der Waals surface area contributed by atoms with Gasteiger partial charge in [0.1, 0.15) is 11.4 Å². The van der Waals surface area contributed by atoms with E-state index < -0.39 is 5.60 Å². The molecule has 0 amide bonds. The number of hydrogen-bond acceptors (Lipinski definition) is 5. The van der Waals surface area contributed by atoms with Crippen LogP contribution in [-0.2, 0) is 12.1 Å². The number of aromatic nitrogens is 1. The first kappa shape index (κ1) is 18.5. The molecule has 0 spiro atoms. The summed E-state index contributed by atoms with van der Waals surface area (Å²) >= 11 is 1.66. The third kappa shape index (κ3) is 5.07. The fourth-order valence-corrected chi connectivity index (χ4v) is 2.92. The van der Waals surface area contributed by atoms with Gasteiger partial charge in [-0.25, -0.2) is 9.98 Å². The first-order valence-corrected chi connectivity index (χ1v) is 9.03. The summed E-state index contributed by atoms with van der Waals surface area (Å²) in [5.41, 5.74) is -0.149. The number of hydrogen-bond donors (Lipinski definition) is 3. The third-order valence-electron chi connectivity index (χ3n) is 3.46. The lowest BCUT2D eigenvalue weighted by Crippen LogP contribution is -2.44. The van der Waals surface area contributed by atoms with Crippen LogP contribution < -0.4 is 10.6 Å². The summed E-state index contributed by atoms with van der Waals surface area (Å²) in [5.74, 6) is 1.60. The van der Waals surface area contributed by atoms with Crippen molar-refractivity contribution in [3.63, 3.8) is 0 Å². The van der Waals surface area contributed by atoms with E-state index >= 15 is 0 Å². The summed E-state index contributed by atoms with van der Waals surface area (Å²) in [5, 5.41) is 20.0. The molecule has 6 nitrogen and oxygen atoms in total. The Kier molecular flexibility index (Phi) is 6.39. The molecule has 2 aromatic rings. The van der Waals surface area contributed by atoms with Crippen LogP contribution in [0.15, 0.2) is 33.2 Å². The van der Waals surface area contributed by atoms with Gasteiger partial charge in [0.15, 0.2) is 5.96 Å². The smallest absolute Gasteiger partial charge is 0.191 e. The molecule has 2 rings (SSSR count). The van der Waals surface area contributed by atoms with Gasteiger partial charge in [-0.1, -0.05) is 13.8 Å². The van der Waals surface area contributed by atoms with Gasteiger partial charge in [-0.2, -0.15) is 0 Å². The normalized spacial score (nSPS) is 14.7. The monoisotopic (exact) mass is 350 g/mol. The summed E-state index contributed by atoms with van der Waals surface area (Å²) in [4.78, 5) is 9.12. The minimum atomic E-state index is -1.11. The van der Waals surface area contributed by atoms with E-state index in [4.69, 9.17) is 4.42 Å². The van der Waals surface area contributed by atoms with Crippen molar-refractivity contribution >= 4 is 17.3 Å².